The SMILES string of the molecule is N#Cc1cc(F)ccc1NC(=O)C1(C(=O)O)CCC1. The van der Waals surface area contributed by atoms with Crippen LogP contribution in [0.25, 0.3) is 0 Å². The molecule has 1 fully saturated rings. The van der Waals surface area contributed by atoms with Crippen molar-refractivity contribution in [2.75, 3.05) is 5.32 Å². The Hall–Kier alpha value is -2.42. The van der Waals surface area contributed by atoms with Crippen molar-refractivity contribution < 1.29 is 19.1 Å². The number of nitrogens with zero attached hydrogens (tertiary/aromatic N) is 1. The molecule has 0 radical (unpaired) electrons. The Morgan fingerprint density at radius 2 is 2.11 bits per heavy atom. The minimum absolute atomic E-state index is 0.0341. The number of carboxylic acid groups (broad SMARTS) is 1. The molecule has 2 N–H and O–H groups in total. The quantitative estimate of drug-likeness (QED) is 0.814. The summed E-state index contributed by atoms with van der Waals surface area (Å²) in [7, 11) is 0. The second kappa shape index (κ2) is 4.69. The van der Waals surface area contributed by atoms with E-state index in [4.69, 9.17) is 10.4 Å². The Labute approximate surface area is 108 Å². The lowest BCUT2D eigenvalue weighted by molar-refractivity contribution is -0.159. The van der Waals surface area contributed by atoms with Gasteiger partial charge in [-0.25, -0.2) is 4.39 Å². The first-order valence-corrected chi connectivity index (χ1v) is 5.74. The highest BCUT2D eigenvalue weighted by Crippen LogP contribution is 2.42. The number of halogens is 1. The molecule has 1 saturated carbocycles. The molecule has 0 aromatic heterocycles. The number of anilines is 1. The van der Waals surface area contributed by atoms with Crippen LogP contribution < -0.4 is 5.32 Å². The summed E-state index contributed by atoms with van der Waals surface area (Å²) in [4.78, 5) is 23.2. The van der Waals surface area contributed by atoms with E-state index in [0.717, 1.165) is 12.1 Å². The predicted molar refractivity (Wildman–Crippen MR) is 63.7 cm³/mol. The first-order valence-electron chi connectivity index (χ1n) is 5.74. The molecule has 0 aliphatic heterocycles. The van der Waals surface area contributed by atoms with Crippen molar-refractivity contribution in [1.29, 1.82) is 5.26 Å². The van der Waals surface area contributed by atoms with Crippen LogP contribution in [0.1, 0.15) is 24.8 Å². The second-order valence-electron chi connectivity index (χ2n) is 4.50. The lowest BCUT2D eigenvalue weighted by Gasteiger charge is -2.35. The van der Waals surface area contributed by atoms with Gasteiger partial charge in [0.2, 0.25) is 5.91 Å². The Morgan fingerprint density at radius 1 is 1.42 bits per heavy atom. The highest BCUT2D eigenvalue weighted by molar-refractivity contribution is 6.09. The van der Waals surface area contributed by atoms with Crippen LogP contribution in [0.3, 0.4) is 0 Å². The van der Waals surface area contributed by atoms with Gasteiger partial charge in [-0.1, -0.05) is 6.42 Å². The highest BCUT2D eigenvalue weighted by Gasteiger charge is 2.51. The zero-order valence-electron chi connectivity index (χ0n) is 9.94. The molecule has 1 aliphatic carbocycles. The number of carbonyl (C=O) groups is 2. The van der Waals surface area contributed by atoms with E-state index in [1.54, 1.807) is 6.07 Å². The fraction of sp³-hybridized carbons (Fsp3) is 0.308. The van der Waals surface area contributed by atoms with E-state index >= 15 is 0 Å². The normalized spacial score (nSPS) is 16.0. The zero-order valence-corrected chi connectivity index (χ0v) is 9.94. The minimum Gasteiger partial charge on any atom is -0.480 e. The van der Waals surface area contributed by atoms with Crippen molar-refractivity contribution in [2.45, 2.75) is 19.3 Å². The molecule has 1 aromatic carbocycles. The molecule has 5 nitrogen and oxygen atoms in total. The lowest BCUT2D eigenvalue weighted by atomic mass is 9.68. The van der Waals surface area contributed by atoms with Crippen LogP contribution >= 0.6 is 0 Å². The van der Waals surface area contributed by atoms with E-state index in [1.165, 1.54) is 6.07 Å². The van der Waals surface area contributed by atoms with Crippen LogP contribution in [0.2, 0.25) is 0 Å². The summed E-state index contributed by atoms with van der Waals surface area (Å²) in [5, 5.41) is 20.4. The molecule has 0 saturated heterocycles. The second-order valence-corrected chi connectivity index (χ2v) is 4.50. The number of carboxylic acids is 1. The molecule has 0 spiro atoms. The predicted octanol–water partition coefficient (Wildman–Crippen LogP) is 1.89. The number of hydrogen-bond acceptors (Lipinski definition) is 3. The van der Waals surface area contributed by atoms with Crippen molar-refractivity contribution in [1.82, 2.24) is 0 Å². The molecule has 2 rings (SSSR count). The average molecular weight is 262 g/mol. The third kappa shape index (κ3) is 2.15. The van der Waals surface area contributed by atoms with Gasteiger partial charge in [-0.05, 0) is 31.0 Å². The summed E-state index contributed by atoms with van der Waals surface area (Å²) in [6.07, 6.45) is 1.22. The molecule has 19 heavy (non-hydrogen) atoms. The van der Waals surface area contributed by atoms with Crippen LogP contribution in [0.5, 0.6) is 0 Å². The van der Waals surface area contributed by atoms with Crippen molar-refractivity contribution in [3.8, 4) is 6.07 Å². The van der Waals surface area contributed by atoms with Crippen LogP contribution in [0, 0.1) is 22.6 Å². The Bertz CT molecular complexity index is 588. The lowest BCUT2D eigenvalue weighted by Crippen LogP contribution is -2.48. The Kier molecular flexibility index (Phi) is 3.21. The summed E-state index contributed by atoms with van der Waals surface area (Å²) in [5.41, 5.74) is -1.32. The summed E-state index contributed by atoms with van der Waals surface area (Å²) in [6.45, 7) is 0. The maximum absolute atomic E-state index is 13.0. The fourth-order valence-electron chi connectivity index (χ4n) is 2.03. The maximum atomic E-state index is 13.0. The topological polar surface area (TPSA) is 90.2 Å². The molecule has 0 bridgehead atoms. The summed E-state index contributed by atoms with van der Waals surface area (Å²) in [6, 6.07) is 5.10. The number of nitrogens with one attached hydrogen (secondary N) is 1. The molecule has 6 heteroatoms. The van der Waals surface area contributed by atoms with E-state index < -0.39 is 23.1 Å². The van der Waals surface area contributed by atoms with Gasteiger partial charge in [0.1, 0.15) is 17.3 Å². The third-order valence-corrected chi connectivity index (χ3v) is 3.40. The van der Waals surface area contributed by atoms with Crippen molar-refractivity contribution in [3.63, 3.8) is 0 Å². The van der Waals surface area contributed by atoms with Gasteiger partial charge < -0.3 is 10.4 Å². The van der Waals surface area contributed by atoms with Gasteiger partial charge in [0.25, 0.3) is 0 Å². The van der Waals surface area contributed by atoms with E-state index in [2.05, 4.69) is 5.32 Å². The molecular weight excluding hydrogens is 251 g/mol. The van der Waals surface area contributed by atoms with Gasteiger partial charge in [-0.2, -0.15) is 5.26 Å². The number of aliphatic carboxylic acids is 1. The highest BCUT2D eigenvalue weighted by atomic mass is 19.1. The number of amides is 1. The monoisotopic (exact) mass is 262 g/mol. The summed E-state index contributed by atoms with van der Waals surface area (Å²) >= 11 is 0. The van der Waals surface area contributed by atoms with Gasteiger partial charge in [-0.3, -0.25) is 9.59 Å². The zero-order chi connectivity index (χ0) is 14.0. The number of carbonyl (C=O) groups excluding carboxylic acids is 1. The average Bonchev–Trinajstić information content (AvgIpc) is 2.29. The van der Waals surface area contributed by atoms with Crippen LogP contribution in [-0.4, -0.2) is 17.0 Å². The molecular formula is C13H11FN2O3. The molecule has 0 atom stereocenters. The molecule has 1 amide bonds. The van der Waals surface area contributed by atoms with Crippen LogP contribution in [-0.2, 0) is 9.59 Å². The third-order valence-electron chi connectivity index (χ3n) is 3.40. The summed E-state index contributed by atoms with van der Waals surface area (Å²) in [5.74, 6) is -2.42. The smallest absolute Gasteiger partial charge is 0.319 e. The van der Waals surface area contributed by atoms with Gasteiger partial charge in [0, 0.05) is 0 Å². The van der Waals surface area contributed by atoms with Crippen molar-refractivity contribution in [2.24, 2.45) is 5.41 Å². The number of rotatable bonds is 3. The number of nitriles is 1. The van der Waals surface area contributed by atoms with Gasteiger partial charge in [0.05, 0.1) is 11.3 Å². The van der Waals surface area contributed by atoms with Crippen molar-refractivity contribution in [3.05, 3.63) is 29.6 Å². The van der Waals surface area contributed by atoms with Crippen molar-refractivity contribution >= 4 is 17.6 Å². The molecule has 1 aromatic rings. The Balaban J connectivity index is 2.25. The van der Waals surface area contributed by atoms with E-state index in [0.29, 0.717) is 6.42 Å². The molecule has 0 heterocycles. The minimum atomic E-state index is -1.42. The standard InChI is InChI=1S/C13H11FN2O3/c14-9-2-3-10(8(6-9)7-15)16-11(17)13(12(18)19)4-1-5-13/h2-3,6H,1,4-5H2,(H,16,17)(H,18,19). The fourth-order valence-corrected chi connectivity index (χ4v) is 2.03. The van der Waals surface area contributed by atoms with Gasteiger partial charge >= 0.3 is 5.97 Å². The van der Waals surface area contributed by atoms with Crippen LogP contribution in [0.4, 0.5) is 10.1 Å². The van der Waals surface area contributed by atoms with E-state index in [-0.39, 0.29) is 24.1 Å². The number of hydrogen-bond donors (Lipinski definition) is 2. The molecule has 1 aliphatic rings. The molecule has 98 valence electrons. The molecule has 0 unspecified atom stereocenters. The first kappa shape index (κ1) is 13.0. The first-order chi connectivity index (χ1) is 8.99. The van der Waals surface area contributed by atoms with E-state index in [1.807, 2.05) is 0 Å². The van der Waals surface area contributed by atoms with Crippen LogP contribution in [0.15, 0.2) is 18.2 Å². The number of benzene rings is 1. The van der Waals surface area contributed by atoms with E-state index in [9.17, 15) is 14.0 Å². The van der Waals surface area contributed by atoms with Gasteiger partial charge in [0.15, 0.2) is 0 Å². The largest absolute Gasteiger partial charge is 0.480 e. The Morgan fingerprint density at radius 3 is 2.58 bits per heavy atom. The summed E-state index contributed by atoms with van der Waals surface area (Å²) < 4.78 is 13.0. The maximum Gasteiger partial charge on any atom is 0.319 e. The van der Waals surface area contributed by atoms with Gasteiger partial charge in [-0.15, -0.1) is 0 Å².